The van der Waals surface area contributed by atoms with Crippen molar-refractivity contribution in [3.05, 3.63) is 78.1 Å². The van der Waals surface area contributed by atoms with Crippen LogP contribution in [0.2, 0.25) is 0 Å². The van der Waals surface area contributed by atoms with E-state index in [1.54, 1.807) is 13.1 Å². The van der Waals surface area contributed by atoms with Crippen molar-refractivity contribution in [1.82, 2.24) is 4.98 Å². The van der Waals surface area contributed by atoms with Crippen molar-refractivity contribution >= 4 is 5.84 Å². The Labute approximate surface area is 138 Å². The Morgan fingerprint density at radius 1 is 1.17 bits per heavy atom. The van der Waals surface area contributed by atoms with Crippen LogP contribution in [-0.4, -0.2) is 10.8 Å². The lowest BCUT2D eigenvalue weighted by Gasteiger charge is -2.07. The highest BCUT2D eigenvalue weighted by molar-refractivity contribution is 5.96. The number of hydrogen-bond donors (Lipinski definition) is 1. The number of nitrogens with zero attached hydrogens (tertiary/aromatic N) is 2. The van der Waals surface area contributed by atoms with Crippen molar-refractivity contribution in [2.24, 2.45) is 10.9 Å². The zero-order valence-electron chi connectivity index (χ0n) is 13.0. The van der Waals surface area contributed by atoms with Gasteiger partial charge in [0.05, 0.1) is 6.20 Å². The highest BCUT2D eigenvalue weighted by Crippen LogP contribution is 2.24. The lowest BCUT2D eigenvalue weighted by atomic mass is 10.2. The first kappa shape index (κ1) is 15.7. The number of oxime groups is 1. The van der Waals surface area contributed by atoms with Gasteiger partial charge in [0.1, 0.15) is 5.82 Å². The highest BCUT2D eigenvalue weighted by Gasteiger charge is 2.15. The molecular weight excluding hydrogens is 309 g/mol. The van der Waals surface area contributed by atoms with Gasteiger partial charge in [-0.05, 0) is 31.2 Å². The second-order valence-electron chi connectivity index (χ2n) is 5.16. The van der Waals surface area contributed by atoms with Crippen LogP contribution in [0, 0.1) is 5.82 Å². The summed E-state index contributed by atoms with van der Waals surface area (Å²) in [5.74, 6) is 0.854. The number of aromatic nitrogens is 1. The fraction of sp³-hybridized carbons (Fsp3) is 0.111. The summed E-state index contributed by atoms with van der Waals surface area (Å²) < 4.78 is 18.6. The summed E-state index contributed by atoms with van der Waals surface area (Å²) in [4.78, 5) is 9.54. The Hall–Kier alpha value is -3.15. The van der Waals surface area contributed by atoms with Crippen molar-refractivity contribution in [1.29, 1.82) is 0 Å². The Bertz CT molecular complexity index is 829. The number of nitrogens with two attached hydrogens (primary N) is 1. The first-order chi connectivity index (χ1) is 11.6. The summed E-state index contributed by atoms with van der Waals surface area (Å²) in [6, 6.07) is 15.3. The zero-order valence-corrected chi connectivity index (χ0v) is 13.0. The van der Waals surface area contributed by atoms with Gasteiger partial charge < -0.3 is 15.0 Å². The van der Waals surface area contributed by atoms with E-state index in [-0.39, 0.29) is 11.7 Å². The van der Waals surface area contributed by atoms with Gasteiger partial charge in [-0.2, -0.15) is 0 Å². The molecule has 3 aromatic rings. The van der Waals surface area contributed by atoms with E-state index >= 15 is 0 Å². The van der Waals surface area contributed by atoms with Gasteiger partial charge in [-0.3, -0.25) is 0 Å². The maximum absolute atomic E-state index is 12.9. The van der Waals surface area contributed by atoms with E-state index in [0.29, 0.717) is 17.2 Å². The minimum atomic E-state index is -0.513. The fourth-order valence-electron chi connectivity index (χ4n) is 2.07. The molecule has 0 unspecified atom stereocenters. The van der Waals surface area contributed by atoms with Gasteiger partial charge in [-0.1, -0.05) is 35.5 Å². The third kappa shape index (κ3) is 3.60. The molecule has 122 valence electrons. The average molecular weight is 325 g/mol. The number of oxazole rings is 1. The van der Waals surface area contributed by atoms with Crippen molar-refractivity contribution < 1.29 is 13.6 Å². The van der Waals surface area contributed by atoms with Crippen LogP contribution in [0.4, 0.5) is 4.39 Å². The first-order valence-corrected chi connectivity index (χ1v) is 7.40. The van der Waals surface area contributed by atoms with Crippen molar-refractivity contribution in [2.45, 2.75) is 13.0 Å². The van der Waals surface area contributed by atoms with Crippen LogP contribution in [-0.2, 0) is 4.84 Å². The smallest absolute Gasteiger partial charge is 0.238 e. The number of amidine groups is 1. The standard InChI is InChI=1S/C18H16FN3O2/c1-12(24-22-17(20)14-7-9-15(19)10-8-14)18-21-11-16(23-18)13-5-3-2-4-6-13/h2-12H,1H3,(H2,20,22)/t12-/m1/s1. The quantitative estimate of drug-likeness (QED) is 0.439. The van der Waals surface area contributed by atoms with Gasteiger partial charge in [-0.15, -0.1) is 0 Å². The minimum Gasteiger partial charge on any atom is -0.437 e. The zero-order chi connectivity index (χ0) is 16.9. The highest BCUT2D eigenvalue weighted by atomic mass is 19.1. The summed E-state index contributed by atoms with van der Waals surface area (Å²) in [7, 11) is 0. The molecular formula is C18H16FN3O2. The Morgan fingerprint density at radius 3 is 2.58 bits per heavy atom. The maximum Gasteiger partial charge on any atom is 0.238 e. The van der Waals surface area contributed by atoms with Crippen LogP contribution in [0.15, 0.2) is 70.4 Å². The molecule has 0 fully saturated rings. The summed E-state index contributed by atoms with van der Waals surface area (Å²) >= 11 is 0. The van der Waals surface area contributed by atoms with Crippen LogP contribution >= 0.6 is 0 Å². The van der Waals surface area contributed by atoms with Gasteiger partial charge >= 0.3 is 0 Å². The molecule has 0 saturated carbocycles. The molecule has 0 amide bonds. The summed E-state index contributed by atoms with van der Waals surface area (Å²) in [5, 5.41) is 3.85. The second-order valence-corrected chi connectivity index (χ2v) is 5.16. The van der Waals surface area contributed by atoms with E-state index < -0.39 is 6.10 Å². The molecule has 5 nitrogen and oxygen atoms in total. The van der Waals surface area contributed by atoms with Crippen molar-refractivity contribution in [3.8, 4) is 11.3 Å². The molecule has 24 heavy (non-hydrogen) atoms. The molecule has 1 heterocycles. The van der Waals surface area contributed by atoms with Crippen LogP contribution < -0.4 is 5.73 Å². The summed E-state index contributed by atoms with van der Waals surface area (Å²) in [6.07, 6.45) is 1.12. The van der Waals surface area contributed by atoms with Crippen molar-refractivity contribution in [3.63, 3.8) is 0 Å². The predicted octanol–water partition coefficient (Wildman–Crippen LogP) is 3.88. The second kappa shape index (κ2) is 6.95. The van der Waals surface area contributed by atoms with E-state index in [1.807, 2.05) is 30.3 Å². The van der Waals surface area contributed by atoms with Gasteiger partial charge in [0.25, 0.3) is 0 Å². The van der Waals surface area contributed by atoms with Gasteiger partial charge in [0, 0.05) is 11.1 Å². The molecule has 0 aliphatic carbocycles. The van der Waals surface area contributed by atoms with E-state index in [9.17, 15) is 4.39 Å². The van der Waals surface area contributed by atoms with Crippen LogP contribution in [0.1, 0.15) is 24.5 Å². The SMILES string of the molecule is C[C@@H](O/N=C(\N)c1ccc(F)cc1)c1ncc(-c2ccccc2)o1. The molecule has 2 N–H and O–H groups in total. The molecule has 1 aromatic heterocycles. The topological polar surface area (TPSA) is 73.6 Å². The maximum atomic E-state index is 12.9. The monoisotopic (exact) mass is 325 g/mol. The Morgan fingerprint density at radius 2 is 1.88 bits per heavy atom. The third-order valence-electron chi connectivity index (χ3n) is 3.38. The molecule has 1 atom stereocenters. The van der Waals surface area contributed by atoms with Crippen LogP contribution in [0.3, 0.4) is 0 Å². The fourth-order valence-corrected chi connectivity index (χ4v) is 2.07. The third-order valence-corrected chi connectivity index (χ3v) is 3.38. The largest absolute Gasteiger partial charge is 0.437 e. The number of benzene rings is 2. The number of rotatable bonds is 5. The molecule has 6 heteroatoms. The number of halogens is 1. The lowest BCUT2D eigenvalue weighted by molar-refractivity contribution is 0.0528. The number of hydrogen-bond acceptors (Lipinski definition) is 4. The molecule has 0 saturated heterocycles. The molecule has 3 rings (SSSR count). The van der Waals surface area contributed by atoms with E-state index in [2.05, 4.69) is 10.1 Å². The van der Waals surface area contributed by atoms with Gasteiger partial charge in [0.2, 0.25) is 5.89 Å². The molecule has 2 aromatic carbocycles. The van der Waals surface area contributed by atoms with Gasteiger partial charge in [0.15, 0.2) is 17.7 Å². The first-order valence-electron chi connectivity index (χ1n) is 7.40. The predicted molar refractivity (Wildman–Crippen MR) is 88.6 cm³/mol. The Balaban J connectivity index is 1.69. The normalized spacial score (nSPS) is 12.8. The molecule has 0 radical (unpaired) electrons. The van der Waals surface area contributed by atoms with Crippen molar-refractivity contribution in [2.75, 3.05) is 0 Å². The molecule has 0 bridgehead atoms. The molecule has 0 aliphatic rings. The average Bonchev–Trinajstić information content (AvgIpc) is 3.11. The summed E-state index contributed by atoms with van der Waals surface area (Å²) in [5.41, 5.74) is 7.32. The summed E-state index contributed by atoms with van der Waals surface area (Å²) in [6.45, 7) is 1.75. The van der Waals surface area contributed by atoms with E-state index in [1.165, 1.54) is 24.3 Å². The minimum absolute atomic E-state index is 0.150. The molecule has 0 spiro atoms. The van der Waals surface area contributed by atoms with E-state index in [4.69, 9.17) is 15.0 Å². The molecule has 0 aliphatic heterocycles. The van der Waals surface area contributed by atoms with E-state index in [0.717, 1.165) is 5.56 Å². The van der Waals surface area contributed by atoms with Gasteiger partial charge in [-0.25, -0.2) is 9.37 Å². The van der Waals surface area contributed by atoms with Crippen LogP contribution in [0.5, 0.6) is 0 Å². The lowest BCUT2D eigenvalue weighted by Crippen LogP contribution is -2.14. The van der Waals surface area contributed by atoms with Crippen LogP contribution in [0.25, 0.3) is 11.3 Å². The Kier molecular flexibility index (Phi) is 4.56.